The zero-order valence-electron chi connectivity index (χ0n) is 16.1. The molecule has 6 nitrogen and oxygen atoms in total. The average Bonchev–Trinajstić information content (AvgIpc) is 3.24. The van der Waals surface area contributed by atoms with Gasteiger partial charge in [0, 0.05) is 17.7 Å². The number of aryl methyl sites for hydroxylation is 1. The Bertz CT molecular complexity index is 965. The highest BCUT2D eigenvalue weighted by atomic mass is 16.5. The lowest BCUT2D eigenvalue weighted by Gasteiger charge is -2.33. The molecule has 3 aromatic rings. The molecule has 0 bridgehead atoms. The molecule has 0 saturated carbocycles. The summed E-state index contributed by atoms with van der Waals surface area (Å²) in [5, 5.41) is 4.14. The van der Waals surface area contributed by atoms with E-state index >= 15 is 0 Å². The second-order valence-corrected chi connectivity index (χ2v) is 7.06. The summed E-state index contributed by atoms with van der Waals surface area (Å²) in [6.07, 6.45) is 2.82. The van der Waals surface area contributed by atoms with E-state index in [-0.39, 0.29) is 11.9 Å². The number of benzene rings is 2. The Morgan fingerprint density at radius 3 is 2.79 bits per heavy atom. The second kappa shape index (κ2) is 7.84. The van der Waals surface area contributed by atoms with E-state index < -0.39 is 0 Å². The molecule has 1 amide bonds. The van der Waals surface area contributed by atoms with E-state index in [4.69, 9.17) is 9.26 Å². The van der Waals surface area contributed by atoms with Crippen molar-refractivity contribution in [3.63, 3.8) is 0 Å². The highest BCUT2D eigenvalue weighted by Crippen LogP contribution is 2.32. The molecular formula is C22H23N3O3. The first kappa shape index (κ1) is 18.2. The van der Waals surface area contributed by atoms with Gasteiger partial charge in [0.15, 0.2) is 0 Å². The Kier molecular flexibility index (Phi) is 5.10. The smallest absolute Gasteiger partial charge is 0.254 e. The van der Waals surface area contributed by atoms with Crippen LogP contribution in [0.2, 0.25) is 0 Å². The molecule has 6 heteroatoms. The van der Waals surface area contributed by atoms with Crippen molar-refractivity contribution in [3.05, 3.63) is 65.5 Å². The summed E-state index contributed by atoms with van der Waals surface area (Å²) in [4.78, 5) is 19.5. The summed E-state index contributed by atoms with van der Waals surface area (Å²) >= 11 is 0. The highest BCUT2D eigenvalue weighted by Gasteiger charge is 2.32. The maximum Gasteiger partial charge on any atom is 0.254 e. The molecule has 0 radical (unpaired) electrons. The van der Waals surface area contributed by atoms with Gasteiger partial charge in [-0.15, -0.1) is 0 Å². The molecule has 0 N–H and O–H groups in total. The van der Waals surface area contributed by atoms with E-state index in [9.17, 15) is 4.79 Å². The molecule has 1 saturated heterocycles. The number of methoxy groups -OCH3 is 1. The van der Waals surface area contributed by atoms with Crippen LogP contribution in [0.15, 0.2) is 53.1 Å². The fourth-order valence-corrected chi connectivity index (χ4v) is 3.54. The number of hydrogen-bond donors (Lipinski definition) is 0. The first-order valence-electron chi connectivity index (χ1n) is 9.51. The Morgan fingerprint density at radius 1 is 1.18 bits per heavy atom. The number of nitrogens with zero attached hydrogens (tertiary/aromatic N) is 3. The van der Waals surface area contributed by atoms with Crippen LogP contribution in [-0.2, 0) is 0 Å². The topological polar surface area (TPSA) is 68.5 Å². The molecule has 1 atom stereocenters. The van der Waals surface area contributed by atoms with Gasteiger partial charge in [0.2, 0.25) is 11.7 Å². The van der Waals surface area contributed by atoms with Crippen molar-refractivity contribution in [3.8, 4) is 17.1 Å². The molecule has 28 heavy (non-hydrogen) atoms. The van der Waals surface area contributed by atoms with Gasteiger partial charge >= 0.3 is 0 Å². The molecule has 1 aliphatic heterocycles. The van der Waals surface area contributed by atoms with Crippen molar-refractivity contribution in [2.75, 3.05) is 13.7 Å². The predicted molar refractivity (Wildman–Crippen MR) is 105 cm³/mol. The van der Waals surface area contributed by atoms with Gasteiger partial charge in [0.25, 0.3) is 5.91 Å². The van der Waals surface area contributed by atoms with Crippen molar-refractivity contribution in [2.24, 2.45) is 0 Å². The van der Waals surface area contributed by atoms with Gasteiger partial charge in [-0.25, -0.2) is 0 Å². The lowest BCUT2D eigenvalue weighted by Crippen LogP contribution is -2.38. The van der Waals surface area contributed by atoms with E-state index in [2.05, 4.69) is 10.1 Å². The minimum atomic E-state index is -0.200. The van der Waals surface area contributed by atoms with Crippen LogP contribution in [0, 0.1) is 6.92 Å². The summed E-state index contributed by atoms with van der Waals surface area (Å²) in [5.74, 6) is 1.73. The standard InChI is InChI=1S/C22H23N3O3/c1-15-9-11-16(12-10-15)22(26)25-13-4-3-8-19(25)21-23-20(24-28-21)17-6-5-7-18(14-17)27-2/h5-7,9-12,14,19H,3-4,8,13H2,1-2H3. The summed E-state index contributed by atoms with van der Waals surface area (Å²) in [5.41, 5.74) is 2.64. The number of carbonyl (C=O) groups is 1. The predicted octanol–water partition coefficient (Wildman–Crippen LogP) is 4.42. The van der Waals surface area contributed by atoms with E-state index in [1.165, 1.54) is 0 Å². The Morgan fingerprint density at radius 2 is 2.00 bits per heavy atom. The molecule has 2 heterocycles. The third-order valence-electron chi connectivity index (χ3n) is 5.12. The average molecular weight is 377 g/mol. The summed E-state index contributed by atoms with van der Waals surface area (Å²) in [6, 6.07) is 15.0. The Labute approximate surface area is 164 Å². The van der Waals surface area contributed by atoms with E-state index in [1.807, 2.05) is 60.4 Å². The maximum absolute atomic E-state index is 13.1. The number of rotatable bonds is 4. The molecule has 1 aromatic heterocycles. The molecule has 0 aliphatic carbocycles. The van der Waals surface area contributed by atoms with E-state index in [1.54, 1.807) is 7.11 Å². The lowest BCUT2D eigenvalue weighted by molar-refractivity contribution is 0.0561. The molecular weight excluding hydrogens is 354 g/mol. The van der Waals surface area contributed by atoms with Gasteiger partial charge in [0.1, 0.15) is 11.8 Å². The summed E-state index contributed by atoms with van der Waals surface area (Å²) < 4.78 is 10.8. The SMILES string of the molecule is COc1cccc(-c2noc(C3CCCCN3C(=O)c3ccc(C)cc3)n2)c1. The van der Waals surface area contributed by atoms with Crippen LogP contribution in [0.25, 0.3) is 11.4 Å². The number of piperidine rings is 1. The number of aromatic nitrogens is 2. The van der Waals surface area contributed by atoms with Crippen molar-refractivity contribution in [1.29, 1.82) is 0 Å². The zero-order valence-corrected chi connectivity index (χ0v) is 16.1. The van der Waals surface area contributed by atoms with Crippen LogP contribution in [0.4, 0.5) is 0 Å². The monoisotopic (exact) mass is 377 g/mol. The van der Waals surface area contributed by atoms with Crippen molar-refractivity contribution >= 4 is 5.91 Å². The van der Waals surface area contributed by atoms with Gasteiger partial charge in [-0.2, -0.15) is 4.98 Å². The lowest BCUT2D eigenvalue weighted by atomic mass is 10.0. The molecule has 1 fully saturated rings. The van der Waals surface area contributed by atoms with E-state index in [0.29, 0.717) is 23.8 Å². The van der Waals surface area contributed by atoms with Crippen molar-refractivity contribution in [2.45, 2.75) is 32.2 Å². The summed E-state index contributed by atoms with van der Waals surface area (Å²) in [6.45, 7) is 2.70. The first-order valence-corrected chi connectivity index (χ1v) is 9.51. The number of amides is 1. The van der Waals surface area contributed by atoms with Gasteiger partial charge in [-0.05, 0) is 50.5 Å². The third-order valence-corrected chi connectivity index (χ3v) is 5.12. The molecule has 1 unspecified atom stereocenters. The molecule has 4 rings (SSSR count). The maximum atomic E-state index is 13.1. The van der Waals surface area contributed by atoms with Gasteiger partial charge < -0.3 is 14.2 Å². The minimum Gasteiger partial charge on any atom is -0.497 e. The minimum absolute atomic E-state index is 0.00540. The van der Waals surface area contributed by atoms with Crippen LogP contribution in [0.5, 0.6) is 5.75 Å². The quantitative estimate of drug-likeness (QED) is 0.673. The Hall–Kier alpha value is -3.15. The van der Waals surface area contributed by atoms with Gasteiger partial charge in [-0.1, -0.05) is 35.0 Å². The number of likely N-dealkylation sites (tertiary alicyclic amines) is 1. The molecule has 2 aromatic carbocycles. The third kappa shape index (κ3) is 3.63. The van der Waals surface area contributed by atoms with E-state index in [0.717, 1.165) is 36.1 Å². The molecule has 1 aliphatic rings. The highest BCUT2D eigenvalue weighted by molar-refractivity contribution is 5.94. The molecule has 144 valence electrons. The largest absolute Gasteiger partial charge is 0.497 e. The van der Waals surface area contributed by atoms with Crippen LogP contribution in [-0.4, -0.2) is 34.6 Å². The van der Waals surface area contributed by atoms with Gasteiger partial charge in [-0.3, -0.25) is 4.79 Å². The van der Waals surface area contributed by atoms with Crippen LogP contribution >= 0.6 is 0 Å². The normalized spacial score (nSPS) is 16.8. The van der Waals surface area contributed by atoms with Gasteiger partial charge in [0.05, 0.1) is 7.11 Å². The number of ether oxygens (including phenoxy) is 1. The first-order chi connectivity index (χ1) is 13.7. The van der Waals surface area contributed by atoms with Crippen LogP contribution < -0.4 is 4.74 Å². The molecule has 0 spiro atoms. The zero-order chi connectivity index (χ0) is 19.5. The summed E-state index contributed by atoms with van der Waals surface area (Å²) in [7, 11) is 1.62. The van der Waals surface area contributed by atoms with Crippen LogP contribution in [0.1, 0.15) is 47.1 Å². The van der Waals surface area contributed by atoms with Crippen LogP contribution in [0.3, 0.4) is 0 Å². The fraction of sp³-hybridized carbons (Fsp3) is 0.318. The Balaban J connectivity index is 1.60. The fourth-order valence-electron chi connectivity index (χ4n) is 3.54. The number of carbonyl (C=O) groups excluding carboxylic acids is 1. The number of hydrogen-bond acceptors (Lipinski definition) is 5. The van der Waals surface area contributed by atoms with Crippen molar-refractivity contribution in [1.82, 2.24) is 15.0 Å². The van der Waals surface area contributed by atoms with Crippen molar-refractivity contribution < 1.29 is 14.1 Å². The second-order valence-electron chi connectivity index (χ2n) is 7.06.